The van der Waals surface area contributed by atoms with Gasteiger partial charge < -0.3 is 4.90 Å². The fourth-order valence-electron chi connectivity index (χ4n) is 3.19. The highest BCUT2D eigenvalue weighted by Crippen LogP contribution is 2.35. The van der Waals surface area contributed by atoms with Crippen molar-refractivity contribution < 1.29 is 0 Å². The van der Waals surface area contributed by atoms with Crippen LogP contribution in [0.15, 0.2) is 6.33 Å². The summed E-state index contributed by atoms with van der Waals surface area (Å²) in [4.78, 5) is 11.6. The van der Waals surface area contributed by atoms with Gasteiger partial charge in [-0.1, -0.05) is 26.2 Å². The minimum absolute atomic E-state index is 0.0985. The average molecular weight is 387 g/mol. The maximum atomic E-state index is 4.64. The van der Waals surface area contributed by atoms with Crippen LogP contribution in [-0.4, -0.2) is 21.5 Å². The molecule has 0 atom stereocenters. The summed E-state index contributed by atoms with van der Waals surface area (Å²) in [5.41, 5.74) is 1.27. The Morgan fingerprint density at radius 3 is 2.40 bits per heavy atom. The Hall–Kier alpha value is -0.390. The molecule has 0 amide bonds. The lowest BCUT2D eigenvalue weighted by atomic mass is 9.90. The molecule has 1 heterocycles. The van der Waals surface area contributed by atoms with Crippen LogP contribution < -0.4 is 4.90 Å². The Kier molecular flexibility index (Phi) is 5.26. The fourth-order valence-corrected chi connectivity index (χ4v) is 4.11. The van der Waals surface area contributed by atoms with E-state index in [9.17, 15) is 0 Å². The lowest BCUT2D eigenvalue weighted by Crippen LogP contribution is -2.50. The predicted molar refractivity (Wildman–Crippen MR) is 93.2 cm³/mol. The Bertz CT molecular complexity index is 448. The minimum Gasteiger partial charge on any atom is -0.348 e. The molecule has 1 fully saturated rings. The van der Waals surface area contributed by atoms with E-state index in [2.05, 4.69) is 65.2 Å². The van der Waals surface area contributed by atoms with Crippen molar-refractivity contribution in [1.29, 1.82) is 0 Å². The normalized spacial score (nSPS) is 17.2. The maximum Gasteiger partial charge on any atom is 0.146 e. The summed E-state index contributed by atoms with van der Waals surface area (Å²) in [6.45, 7) is 9.05. The van der Waals surface area contributed by atoms with Gasteiger partial charge in [0.2, 0.25) is 0 Å². The van der Waals surface area contributed by atoms with Crippen LogP contribution >= 0.6 is 22.6 Å². The number of nitrogens with zero attached hydrogens (tertiary/aromatic N) is 3. The molecule has 0 saturated heterocycles. The molecule has 1 aliphatic carbocycles. The van der Waals surface area contributed by atoms with Crippen molar-refractivity contribution in [2.45, 2.75) is 77.8 Å². The second-order valence-corrected chi connectivity index (χ2v) is 7.72. The topological polar surface area (TPSA) is 29.0 Å². The molecular weight excluding hydrogens is 361 g/mol. The Labute approximate surface area is 136 Å². The zero-order valence-electron chi connectivity index (χ0n) is 13.1. The van der Waals surface area contributed by atoms with Crippen molar-refractivity contribution in [2.75, 3.05) is 4.90 Å². The first-order valence-electron chi connectivity index (χ1n) is 7.74. The predicted octanol–water partition coefficient (Wildman–Crippen LogP) is 4.58. The van der Waals surface area contributed by atoms with E-state index in [1.54, 1.807) is 6.33 Å². The van der Waals surface area contributed by atoms with Crippen molar-refractivity contribution in [2.24, 2.45) is 0 Å². The fraction of sp³-hybridized carbons (Fsp3) is 0.750. The number of anilines is 1. The average Bonchev–Trinajstić information content (AvgIpc) is 2.41. The third kappa shape index (κ3) is 3.43. The Morgan fingerprint density at radius 1 is 1.20 bits per heavy atom. The van der Waals surface area contributed by atoms with E-state index in [0.717, 1.165) is 12.2 Å². The van der Waals surface area contributed by atoms with Crippen LogP contribution in [0.2, 0.25) is 0 Å². The largest absolute Gasteiger partial charge is 0.348 e. The van der Waals surface area contributed by atoms with Gasteiger partial charge in [0.25, 0.3) is 0 Å². The van der Waals surface area contributed by atoms with Crippen LogP contribution in [0, 0.1) is 3.57 Å². The van der Waals surface area contributed by atoms with Crippen LogP contribution in [0.1, 0.15) is 65.5 Å². The first-order chi connectivity index (χ1) is 9.45. The third-order valence-corrected chi connectivity index (χ3v) is 5.17. The molecule has 1 saturated carbocycles. The van der Waals surface area contributed by atoms with Crippen molar-refractivity contribution in [3.05, 3.63) is 15.6 Å². The second kappa shape index (κ2) is 6.58. The summed E-state index contributed by atoms with van der Waals surface area (Å²) in [5, 5.41) is 0. The Morgan fingerprint density at radius 2 is 1.85 bits per heavy atom. The van der Waals surface area contributed by atoms with Crippen molar-refractivity contribution in [3.8, 4) is 0 Å². The zero-order valence-corrected chi connectivity index (χ0v) is 15.3. The quantitative estimate of drug-likeness (QED) is 0.711. The molecule has 20 heavy (non-hydrogen) atoms. The number of aryl methyl sites for hydroxylation is 1. The lowest BCUT2D eigenvalue weighted by molar-refractivity contribution is 0.350. The van der Waals surface area contributed by atoms with E-state index in [0.29, 0.717) is 6.04 Å². The molecule has 1 aliphatic rings. The number of aromatic nitrogens is 2. The van der Waals surface area contributed by atoms with Crippen LogP contribution in [-0.2, 0) is 6.42 Å². The first-order valence-corrected chi connectivity index (χ1v) is 8.81. The molecular formula is C16H26IN3. The smallest absolute Gasteiger partial charge is 0.146 e. The molecule has 0 bridgehead atoms. The summed E-state index contributed by atoms with van der Waals surface area (Å²) in [7, 11) is 0. The van der Waals surface area contributed by atoms with Crippen LogP contribution in [0.5, 0.6) is 0 Å². The molecule has 0 N–H and O–H groups in total. The van der Waals surface area contributed by atoms with Gasteiger partial charge in [-0.2, -0.15) is 0 Å². The highest BCUT2D eigenvalue weighted by Gasteiger charge is 2.32. The zero-order chi connectivity index (χ0) is 14.8. The Balaban J connectivity index is 2.41. The van der Waals surface area contributed by atoms with Gasteiger partial charge in [-0.15, -0.1) is 0 Å². The van der Waals surface area contributed by atoms with Gasteiger partial charge in [0.15, 0.2) is 0 Å². The monoisotopic (exact) mass is 387 g/mol. The van der Waals surface area contributed by atoms with Gasteiger partial charge in [-0.25, -0.2) is 9.97 Å². The number of rotatable bonds is 3. The molecule has 2 rings (SSSR count). The first kappa shape index (κ1) is 16.0. The van der Waals surface area contributed by atoms with E-state index in [1.807, 2.05) is 0 Å². The van der Waals surface area contributed by atoms with E-state index in [-0.39, 0.29) is 5.54 Å². The molecule has 3 nitrogen and oxygen atoms in total. The number of hydrogen-bond acceptors (Lipinski definition) is 3. The standard InChI is InChI=1S/C16H26IN3/c1-5-13-14(17)15(19-11-18-13)20(16(2,3)4)12-9-7-6-8-10-12/h11-12H,5-10H2,1-4H3. The number of halogens is 1. The van der Waals surface area contributed by atoms with E-state index in [4.69, 9.17) is 0 Å². The van der Waals surface area contributed by atoms with E-state index < -0.39 is 0 Å². The second-order valence-electron chi connectivity index (χ2n) is 6.64. The van der Waals surface area contributed by atoms with Gasteiger partial charge in [0.1, 0.15) is 12.1 Å². The SMILES string of the molecule is CCc1ncnc(N(C2CCCCC2)C(C)(C)C)c1I. The van der Waals surface area contributed by atoms with Gasteiger partial charge in [-0.05, 0) is 62.6 Å². The molecule has 1 aromatic rings. The number of hydrogen-bond donors (Lipinski definition) is 0. The van der Waals surface area contributed by atoms with Crippen molar-refractivity contribution in [3.63, 3.8) is 0 Å². The van der Waals surface area contributed by atoms with Crippen LogP contribution in [0.4, 0.5) is 5.82 Å². The summed E-state index contributed by atoms with van der Waals surface area (Å²) < 4.78 is 1.23. The van der Waals surface area contributed by atoms with Crippen LogP contribution in [0.25, 0.3) is 0 Å². The van der Waals surface area contributed by atoms with E-state index in [1.165, 1.54) is 41.4 Å². The van der Waals surface area contributed by atoms with Gasteiger partial charge in [0.05, 0.1) is 9.26 Å². The molecule has 0 unspecified atom stereocenters. The van der Waals surface area contributed by atoms with Crippen molar-refractivity contribution >= 4 is 28.4 Å². The molecule has 0 radical (unpaired) electrons. The summed E-state index contributed by atoms with van der Waals surface area (Å²) in [6.07, 6.45) is 9.36. The summed E-state index contributed by atoms with van der Waals surface area (Å²) in [6, 6.07) is 0.622. The summed E-state index contributed by atoms with van der Waals surface area (Å²) >= 11 is 2.43. The van der Waals surface area contributed by atoms with Gasteiger partial charge >= 0.3 is 0 Å². The van der Waals surface area contributed by atoms with Gasteiger partial charge in [-0.3, -0.25) is 0 Å². The van der Waals surface area contributed by atoms with Gasteiger partial charge in [0, 0.05) is 11.6 Å². The molecule has 112 valence electrons. The van der Waals surface area contributed by atoms with Crippen molar-refractivity contribution in [1.82, 2.24) is 9.97 Å². The highest BCUT2D eigenvalue weighted by atomic mass is 127. The molecule has 0 aliphatic heterocycles. The minimum atomic E-state index is 0.0985. The molecule has 4 heteroatoms. The van der Waals surface area contributed by atoms with E-state index >= 15 is 0 Å². The molecule has 1 aromatic heterocycles. The molecule has 0 aromatic carbocycles. The van der Waals surface area contributed by atoms with Crippen LogP contribution in [0.3, 0.4) is 0 Å². The molecule has 0 spiro atoms. The third-order valence-electron chi connectivity index (χ3n) is 4.07. The summed E-state index contributed by atoms with van der Waals surface area (Å²) in [5.74, 6) is 1.14. The maximum absolute atomic E-state index is 4.64. The lowest BCUT2D eigenvalue weighted by Gasteiger charge is -2.44. The highest BCUT2D eigenvalue weighted by molar-refractivity contribution is 14.1.